The molecule has 0 atom stereocenters. The second-order valence-corrected chi connectivity index (χ2v) is 9.85. The van der Waals surface area contributed by atoms with Crippen molar-refractivity contribution in [1.82, 2.24) is 0 Å². The highest BCUT2D eigenvalue weighted by molar-refractivity contribution is 7.93. The number of anilines is 2. The van der Waals surface area contributed by atoms with Gasteiger partial charge in [-0.1, -0.05) is 0 Å². The van der Waals surface area contributed by atoms with Gasteiger partial charge in [-0.15, -0.1) is 0 Å². The third kappa shape index (κ3) is 5.48. The zero-order valence-electron chi connectivity index (χ0n) is 17.2. The molecule has 3 aromatic rings. The lowest BCUT2D eigenvalue weighted by molar-refractivity contribution is 0.340. The topological polar surface area (TPSA) is 111 Å². The van der Waals surface area contributed by atoms with Crippen LogP contribution in [0.3, 0.4) is 0 Å². The Balaban J connectivity index is 1.75. The summed E-state index contributed by atoms with van der Waals surface area (Å²) < 4.78 is 78.7. The van der Waals surface area contributed by atoms with Crippen LogP contribution in [0.15, 0.2) is 76.5 Å². The molecule has 0 spiro atoms. The fourth-order valence-electron chi connectivity index (χ4n) is 2.72. The fraction of sp³-hybridized carbons (Fsp3) is 0.143. The SMILES string of the molecule is CCOc1ccc(NS(=O)(=O)c2ccc(NS(=O)(=O)c3ccc(F)c(OC)c3)cc2)cc1. The quantitative estimate of drug-likeness (QED) is 0.482. The molecule has 0 amide bonds. The van der Waals surface area contributed by atoms with Crippen LogP contribution in [-0.4, -0.2) is 30.6 Å². The molecule has 11 heteroatoms. The first kappa shape index (κ1) is 23.4. The lowest BCUT2D eigenvalue weighted by Gasteiger charge is -2.12. The highest BCUT2D eigenvalue weighted by Crippen LogP contribution is 2.25. The van der Waals surface area contributed by atoms with Crippen molar-refractivity contribution in [3.8, 4) is 11.5 Å². The number of rotatable bonds is 9. The number of nitrogens with one attached hydrogen (secondary N) is 2. The molecule has 3 rings (SSSR count). The molecule has 0 heterocycles. The molecule has 0 saturated carbocycles. The minimum atomic E-state index is -4.04. The van der Waals surface area contributed by atoms with Gasteiger partial charge in [-0.25, -0.2) is 21.2 Å². The van der Waals surface area contributed by atoms with Crippen molar-refractivity contribution in [1.29, 1.82) is 0 Å². The lowest BCUT2D eigenvalue weighted by atomic mass is 10.3. The highest BCUT2D eigenvalue weighted by atomic mass is 32.2. The largest absolute Gasteiger partial charge is 0.494 e. The number of methoxy groups -OCH3 is 1. The van der Waals surface area contributed by atoms with Crippen molar-refractivity contribution >= 4 is 31.4 Å². The van der Waals surface area contributed by atoms with Gasteiger partial charge in [0.05, 0.1) is 23.5 Å². The van der Waals surface area contributed by atoms with E-state index in [1.165, 1.54) is 31.4 Å². The molecule has 8 nitrogen and oxygen atoms in total. The van der Waals surface area contributed by atoms with Gasteiger partial charge in [0.25, 0.3) is 20.0 Å². The molecular formula is C21H21FN2O6S2. The molecule has 3 aromatic carbocycles. The minimum Gasteiger partial charge on any atom is -0.494 e. The summed E-state index contributed by atoms with van der Waals surface area (Å²) >= 11 is 0. The molecule has 0 saturated heterocycles. The fourth-order valence-corrected chi connectivity index (χ4v) is 4.86. The van der Waals surface area contributed by atoms with Crippen molar-refractivity contribution in [2.24, 2.45) is 0 Å². The summed E-state index contributed by atoms with van der Waals surface area (Å²) in [4.78, 5) is -0.262. The number of benzene rings is 3. The standard InChI is InChI=1S/C21H21FN2O6S2/c1-3-30-17-8-4-15(5-9-17)23-31(25,26)18-10-6-16(7-11-18)24-32(27,28)19-12-13-20(22)21(14-19)29-2/h4-14,23-24H,3H2,1-2H3. The Labute approximate surface area is 186 Å². The van der Waals surface area contributed by atoms with Crippen LogP contribution in [0.1, 0.15) is 6.92 Å². The Morgan fingerprint density at radius 1 is 0.781 bits per heavy atom. The average molecular weight is 481 g/mol. The third-order valence-electron chi connectivity index (χ3n) is 4.27. The predicted octanol–water partition coefficient (Wildman–Crippen LogP) is 3.83. The van der Waals surface area contributed by atoms with E-state index in [4.69, 9.17) is 9.47 Å². The Morgan fingerprint density at radius 2 is 1.28 bits per heavy atom. The Hall–Kier alpha value is -3.31. The van der Waals surface area contributed by atoms with Crippen LogP contribution in [-0.2, 0) is 20.0 Å². The Kier molecular flexibility index (Phi) is 6.90. The van der Waals surface area contributed by atoms with E-state index < -0.39 is 25.9 Å². The van der Waals surface area contributed by atoms with E-state index in [1.54, 1.807) is 24.3 Å². The van der Waals surface area contributed by atoms with Gasteiger partial charge >= 0.3 is 0 Å². The molecule has 0 fully saturated rings. The van der Waals surface area contributed by atoms with Crippen molar-refractivity contribution < 1.29 is 30.7 Å². The van der Waals surface area contributed by atoms with Gasteiger partial charge in [0.15, 0.2) is 11.6 Å². The smallest absolute Gasteiger partial charge is 0.262 e. The van der Waals surface area contributed by atoms with Crippen LogP contribution < -0.4 is 18.9 Å². The second kappa shape index (κ2) is 9.45. The number of hydrogen-bond acceptors (Lipinski definition) is 6. The monoisotopic (exact) mass is 480 g/mol. The first-order chi connectivity index (χ1) is 15.1. The van der Waals surface area contributed by atoms with Crippen LogP contribution in [0.5, 0.6) is 11.5 Å². The number of halogens is 1. The van der Waals surface area contributed by atoms with Crippen LogP contribution in [0, 0.1) is 5.82 Å². The van der Waals surface area contributed by atoms with E-state index in [2.05, 4.69) is 9.44 Å². The lowest BCUT2D eigenvalue weighted by Crippen LogP contribution is -2.15. The molecule has 0 unspecified atom stereocenters. The van der Waals surface area contributed by atoms with Gasteiger partial charge in [-0.05, 0) is 67.6 Å². The predicted molar refractivity (Wildman–Crippen MR) is 119 cm³/mol. The maximum absolute atomic E-state index is 13.5. The van der Waals surface area contributed by atoms with Gasteiger partial charge < -0.3 is 9.47 Å². The number of ether oxygens (including phenoxy) is 2. The molecule has 2 N–H and O–H groups in total. The summed E-state index contributed by atoms with van der Waals surface area (Å²) in [5.74, 6) is -0.290. The molecule has 0 aliphatic carbocycles. The maximum Gasteiger partial charge on any atom is 0.262 e. The Bertz CT molecular complexity index is 1290. The first-order valence-electron chi connectivity index (χ1n) is 9.37. The molecule has 0 aliphatic rings. The maximum atomic E-state index is 13.5. The molecular weight excluding hydrogens is 459 g/mol. The normalized spacial score (nSPS) is 11.6. The van der Waals surface area contributed by atoms with E-state index in [-0.39, 0.29) is 21.2 Å². The van der Waals surface area contributed by atoms with E-state index in [9.17, 15) is 21.2 Å². The van der Waals surface area contributed by atoms with Crippen molar-refractivity contribution in [3.05, 3.63) is 72.5 Å². The summed E-state index contributed by atoms with van der Waals surface area (Å²) in [7, 11) is -6.71. The van der Waals surface area contributed by atoms with Crippen LogP contribution in [0.2, 0.25) is 0 Å². The third-order valence-corrected chi connectivity index (χ3v) is 7.04. The van der Waals surface area contributed by atoms with Crippen LogP contribution >= 0.6 is 0 Å². The molecule has 0 aromatic heterocycles. The van der Waals surface area contributed by atoms with E-state index in [0.29, 0.717) is 18.0 Å². The zero-order chi connectivity index (χ0) is 23.4. The van der Waals surface area contributed by atoms with Crippen molar-refractivity contribution in [2.45, 2.75) is 16.7 Å². The van der Waals surface area contributed by atoms with Crippen molar-refractivity contribution in [2.75, 3.05) is 23.2 Å². The summed E-state index contributed by atoms with van der Waals surface area (Å²) in [6.45, 7) is 2.34. The van der Waals surface area contributed by atoms with Gasteiger partial charge in [-0.2, -0.15) is 0 Å². The van der Waals surface area contributed by atoms with E-state index in [1.807, 2.05) is 6.92 Å². The van der Waals surface area contributed by atoms with Gasteiger partial charge in [0.1, 0.15) is 5.75 Å². The summed E-state index contributed by atoms with van der Waals surface area (Å²) in [5, 5.41) is 0. The first-order valence-corrected chi connectivity index (χ1v) is 12.3. The summed E-state index contributed by atoms with van der Waals surface area (Å²) in [6.07, 6.45) is 0. The molecule has 0 aliphatic heterocycles. The van der Waals surface area contributed by atoms with Crippen molar-refractivity contribution in [3.63, 3.8) is 0 Å². The van der Waals surface area contributed by atoms with Gasteiger partial charge in [0, 0.05) is 17.4 Å². The van der Waals surface area contributed by atoms with Crippen LogP contribution in [0.4, 0.5) is 15.8 Å². The average Bonchev–Trinajstić information content (AvgIpc) is 2.75. The van der Waals surface area contributed by atoms with Crippen LogP contribution in [0.25, 0.3) is 0 Å². The Morgan fingerprint density at radius 3 is 1.81 bits per heavy atom. The second-order valence-electron chi connectivity index (χ2n) is 6.49. The number of hydrogen-bond donors (Lipinski definition) is 2. The van der Waals surface area contributed by atoms with Gasteiger partial charge in [0.2, 0.25) is 0 Å². The van der Waals surface area contributed by atoms with E-state index in [0.717, 1.165) is 18.2 Å². The molecule has 0 bridgehead atoms. The minimum absolute atomic E-state index is 0.0576. The zero-order valence-corrected chi connectivity index (χ0v) is 18.8. The van der Waals surface area contributed by atoms with E-state index >= 15 is 0 Å². The summed E-state index contributed by atoms with van der Waals surface area (Å²) in [5.41, 5.74) is 0.483. The summed E-state index contributed by atoms with van der Waals surface area (Å²) in [6, 6.07) is 14.7. The highest BCUT2D eigenvalue weighted by Gasteiger charge is 2.18. The number of sulfonamides is 2. The molecule has 0 radical (unpaired) electrons. The molecule has 170 valence electrons. The molecule has 32 heavy (non-hydrogen) atoms. The van der Waals surface area contributed by atoms with Gasteiger partial charge in [-0.3, -0.25) is 9.44 Å².